The average molecular weight is 415 g/mol. The SMILES string of the molecule is CCOC(CN(CCc1ccccc1)C(=O)[C@@H](N)COCc1ccccc1)OCC. The zero-order valence-corrected chi connectivity index (χ0v) is 18.0. The summed E-state index contributed by atoms with van der Waals surface area (Å²) in [7, 11) is 0. The van der Waals surface area contributed by atoms with Crippen molar-refractivity contribution in [3.05, 3.63) is 71.8 Å². The molecule has 6 heteroatoms. The molecule has 0 aromatic heterocycles. The van der Waals surface area contributed by atoms with Gasteiger partial charge < -0.3 is 24.8 Å². The quantitative estimate of drug-likeness (QED) is 0.481. The maximum atomic E-state index is 13.1. The van der Waals surface area contributed by atoms with E-state index in [1.165, 1.54) is 0 Å². The second-order valence-corrected chi connectivity index (χ2v) is 6.97. The van der Waals surface area contributed by atoms with Crippen LogP contribution in [0.4, 0.5) is 0 Å². The minimum absolute atomic E-state index is 0.156. The van der Waals surface area contributed by atoms with Crippen molar-refractivity contribution >= 4 is 5.91 Å². The van der Waals surface area contributed by atoms with Crippen LogP contribution in [-0.2, 0) is 32.0 Å². The molecular weight excluding hydrogens is 380 g/mol. The van der Waals surface area contributed by atoms with E-state index in [1.807, 2.05) is 74.5 Å². The Labute approximate surface area is 179 Å². The molecule has 1 amide bonds. The third kappa shape index (κ3) is 8.63. The lowest BCUT2D eigenvalue weighted by molar-refractivity contribution is -0.160. The fourth-order valence-electron chi connectivity index (χ4n) is 3.09. The number of hydrogen-bond acceptors (Lipinski definition) is 5. The van der Waals surface area contributed by atoms with Gasteiger partial charge in [-0.25, -0.2) is 0 Å². The molecular formula is C24H34N2O4. The number of carbonyl (C=O) groups excluding carboxylic acids is 1. The number of amides is 1. The van der Waals surface area contributed by atoms with Crippen LogP contribution in [0.1, 0.15) is 25.0 Å². The van der Waals surface area contributed by atoms with E-state index in [4.69, 9.17) is 19.9 Å². The van der Waals surface area contributed by atoms with E-state index in [0.717, 1.165) is 17.5 Å². The topological polar surface area (TPSA) is 74.0 Å². The molecule has 0 aliphatic rings. The summed E-state index contributed by atoms with van der Waals surface area (Å²) in [4.78, 5) is 14.8. The van der Waals surface area contributed by atoms with Crippen molar-refractivity contribution < 1.29 is 19.0 Å². The van der Waals surface area contributed by atoms with E-state index in [-0.39, 0.29) is 12.5 Å². The first-order valence-corrected chi connectivity index (χ1v) is 10.6. The van der Waals surface area contributed by atoms with Crippen molar-refractivity contribution in [2.75, 3.05) is 32.9 Å². The zero-order valence-electron chi connectivity index (χ0n) is 18.0. The summed E-state index contributed by atoms with van der Waals surface area (Å²) in [6.45, 7) is 6.29. The molecule has 2 rings (SSSR count). The van der Waals surface area contributed by atoms with Crippen molar-refractivity contribution in [2.45, 2.75) is 39.2 Å². The summed E-state index contributed by atoms with van der Waals surface area (Å²) in [5.74, 6) is -0.164. The van der Waals surface area contributed by atoms with Gasteiger partial charge in [0.1, 0.15) is 6.04 Å². The molecule has 6 nitrogen and oxygen atoms in total. The molecule has 0 heterocycles. The van der Waals surface area contributed by atoms with Crippen LogP contribution >= 0.6 is 0 Å². The minimum atomic E-state index is -0.742. The third-order valence-electron chi connectivity index (χ3n) is 4.63. The van der Waals surface area contributed by atoms with Crippen molar-refractivity contribution in [2.24, 2.45) is 5.73 Å². The molecule has 0 fully saturated rings. The zero-order chi connectivity index (χ0) is 21.6. The van der Waals surface area contributed by atoms with E-state index >= 15 is 0 Å². The summed E-state index contributed by atoms with van der Waals surface area (Å²) in [5.41, 5.74) is 8.38. The molecule has 2 aromatic carbocycles. The number of carbonyl (C=O) groups is 1. The van der Waals surface area contributed by atoms with Gasteiger partial charge in [0.2, 0.25) is 5.91 Å². The number of benzene rings is 2. The normalized spacial score (nSPS) is 12.1. The molecule has 2 aromatic rings. The van der Waals surface area contributed by atoms with Crippen LogP contribution in [0.2, 0.25) is 0 Å². The van der Waals surface area contributed by atoms with Crippen LogP contribution in [0.5, 0.6) is 0 Å². The van der Waals surface area contributed by atoms with Gasteiger partial charge in [-0.3, -0.25) is 4.79 Å². The van der Waals surface area contributed by atoms with Crippen LogP contribution in [0, 0.1) is 0 Å². The lowest BCUT2D eigenvalue weighted by Gasteiger charge is -2.29. The van der Waals surface area contributed by atoms with Crippen LogP contribution < -0.4 is 5.73 Å². The highest BCUT2D eigenvalue weighted by Crippen LogP contribution is 2.08. The molecule has 164 valence electrons. The Kier molecular flexibility index (Phi) is 11.1. The Morgan fingerprint density at radius 3 is 2.07 bits per heavy atom. The van der Waals surface area contributed by atoms with Crippen LogP contribution in [0.15, 0.2) is 60.7 Å². The second-order valence-electron chi connectivity index (χ2n) is 6.97. The first kappa shape index (κ1) is 24.0. The van der Waals surface area contributed by atoms with Gasteiger partial charge in [-0.2, -0.15) is 0 Å². The van der Waals surface area contributed by atoms with Crippen molar-refractivity contribution in [3.63, 3.8) is 0 Å². The van der Waals surface area contributed by atoms with Crippen LogP contribution in [0.25, 0.3) is 0 Å². The predicted octanol–water partition coefficient (Wildman–Crippen LogP) is 3.00. The first-order valence-electron chi connectivity index (χ1n) is 10.6. The smallest absolute Gasteiger partial charge is 0.242 e. The average Bonchev–Trinajstić information content (AvgIpc) is 2.77. The molecule has 0 radical (unpaired) electrons. The number of ether oxygens (including phenoxy) is 3. The van der Waals surface area contributed by atoms with E-state index in [0.29, 0.717) is 32.9 Å². The van der Waals surface area contributed by atoms with Gasteiger partial charge in [-0.05, 0) is 31.4 Å². The number of nitrogens with two attached hydrogens (primary N) is 1. The maximum Gasteiger partial charge on any atom is 0.242 e. The van der Waals surface area contributed by atoms with Crippen molar-refractivity contribution in [1.82, 2.24) is 4.90 Å². The second kappa shape index (κ2) is 13.9. The molecule has 1 atom stereocenters. The fraction of sp³-hybridized carbons (Fsp3) is 0.458. The van der Waals surface area contributed by atoms with Gasteiger partial charge >= 0.3 is 0 Å². The van der Waals surface area contributed by atoms with Crippen LogP contribution in [0.3, 0.4) is 0 Å². The van der Waals surface area contributed by atoms with Gasteiger partial charge in [0.15, 0.2) is 6.29 Å². The first-order chi connectivity index (χ1) is 14.6. The Hall–Kier alpha value is -2.25. The summed E-state index contributed by atoms with van der Waals surface area (Å²) >= 11 is 0. The van der Waals surface area contributed by atoms with Gasteiger partial charge in [-0.1, -0.05) is 60.7 Å². The standard InChI is InChI=1S/C24H34N2O4/c1-3-29-23(30-4-2)17-26(16-15-20-11-7-5-8-12-20)24(27)22(25)19-28-18-21-13-9-6-10-14-21/h5-14,22-23H,3-4,15-19,25H2,1-2H3/t22-/m0/s1. The molecule has 0 spiro atoms. The highest BCUT2D eigenvalue weighted by molar-refractivity contribution is 5.81. The van der Waals surface area contributed by atoms with Gasteiger partial charge in [0.05, 0.1) is 19.8 Å². The Balaban J connectivity index is 1.95. The maximum absolute atomic E-state index is 13.1. The van der Waals surface area contributed by atoms with E-state index in [1.54, 1.807) is 4.90 Å². The molecule has 0 unspecified atom stereocenters. The Bertz CT molecular complexity index is 706. The van der Waals surface area contributed by atoms with Gasteiger partial charge in [0.25, 0.3) is 0 Å². The van der Waals surface area contributed by atoms with Gasteiger partial charge in [-0.15, -0.1) is 0 Å². The molecule has 0 bridgehead atoms. The van der Waals surface area contributed by atoms with Gasteiger partial charge in [0, 0.05) is 19.8 Å². The summed E-state index contributed by atoms with van der Waals surface area (Å²) in [5, 5.41) is 0. The molecule has 0 saturated carbocycles. The number of nitrogens with zero attached hydrogens (tertiary/aromatic N) is 1. The summed E-state index contributed by atoms with van der Waals surface area (Å²) < 4.78 is 17.0. The Morgan fingerprint density at radius 1 is 0.933 bits per heavy atom. The van der Waals surface area contributed by atoms with Crippen molar-refractivity contribution in [1.29, 1.82) is 0 Å². The van der Waals surface area contributed by atoms with E-state index < -0.39 is 12.3 Å². The van der Waals surface area contributed by atoms with E-state index in [9.17, 15) is 4.79 Å². The summed E-state index contributed by atoms with van der Waals surface area (Å²) in [6.07, 6.45) is 0.256. The van der Waals surface area contributed by atoms with E-state index in [2.05, 4.69) is 0 Å². The number of rotatable bonds is 14. The monoisotopic (exact) mass is 414 g/mol. The molecule has 0 aliphatic carbocycles. The summed E-state index contributed by atoms with van der Waals surface area (Å²) in [6, 6.07) is 19.1. The Morgan fingerprint density at radius 2 is 1.50 bits per heavy atom. The number of hydrogen-bond donors (Lipinski definition) is 1. The van der Waals surface area contributed by atoms with Crippen molar-refractivity contribution in [3.8, 4) is 0 Å². The van der Waals surface area contributed by atoms with Crippen LogP contribution in [-0.4, -0.2) is 56.0 Å². The largest absolute Gasteiger partial charge is 0.375 e. The minimum Gasteiger partial charge on any atom is -0.375 e. The molecule has 2 N–H and O–H groups in total. The predicted molar refractivity (Wildman–Crippen MR) is 118 cm³/mol. The molecule has 0 aliphatic heterocycles. The lowest BCUT2D eigenvalue weighted by Crippen LogP contribution is -2.50. The lowest BCUT2D eigenvalue weighted by atomic mass is 10.1. The molecule has 30 heavy (non-hydrogen) atoms. The fourth-order valence-corrected chi connectivity index (χ4v) is 3.09. The molecule has 0 saturated heterocycles. The highest BCUT2D eigenvalue weighted by Gasteiger charge is 2.24. The third-order valence-corrected chi connectivity index (χ3v) is 4.63. The highest BCUT2D eigenvalue weighted by atomic mass is 16.7.